The first-order valence-electron chi connectivity index (χ1n) is 9.58. The van der Waals surface area contributed by atoms with Gasteiger partial charge in [0, 0.05) is 11.8 Å². The molecule has 1 heterocycles. The number of fused-ring (bicyclic) bond motifs is 1. The van der Waals surface area contributed by atoms with Crippen LogP contribution in [0, 0.1) is 5.92 Å². The van der Waals surface area contributed by atoms with Crippen molar-refractivity contribution >= 4 is 23.2 Å². The SMILES string of the molecule is CCCNC(=O)c1nnc2c(c1N)=CC(C)CC=2c1ccc(OC)cc1C(F)(F)F. The number of hydrogen-bond acceptors (Lipinski definition) is 5. The summed E-state index contributed by atoms with van der Waals surface area (Å²) < 4.78 is 46.3. The Morgan fingerprint density at radius 1 is 1.33 bits per heavy atom. The molecule has 30 heavy (non-hydrogen) atoms. The van der Waals surface area contributed by atoms with E-state index in [-0.39, 0.29) is 34.0 Å². The summed E-state index contributed by atoms with van der Waals surface area (Å²) in [5.41, 5.74) is 5.85. The van der Waals surface area contributed by atoms with Crippen LogP contribution in [-0.4, -0.2) is 29.8 Å². The van der Waals surface area contributed by atoms with Gasteiger partial charge in [0.2, 0.25) is 0 Å². The average Bonchev–Trinajstić information content (AvgIpc) is 2.71. The van der Waals surface area contributed by atoms with Crippen molar-refractivity contribution in [2.75, 3.05) is 19.4 Å². The van der Waals surface area contributed by atoms with E-state index in [1.54, 1.807) is 0 Å². The Hall–Kier alpha value is -3.10. The molecule has 0 spiro atoms. The molecule has 1 amide bonds. The highest BCUT2D eigenvalue weighted by Crippen LogP contribution is 2.38. The zero-order valence-corrected chi connectivity index (χ0v) is 16.9. The van der Waals surface area contributed by atoms with Gasteiger partial charge in [0.1, 0.15) is 5.75 Å². The minimum atomic E-state index is -4.58. The third-order valence-corrected chi connectivity index (χ3v) is 4.92. The van der Waals surface area contributed by atoms with Crippen molar-refractivity contribution in [1.82, 2.24) is 15.5 Å². The van der Waals surface area contributed by atoms with Gasteiger partial charge in [0.25, 0.3) is 5.91 Å². The smallest absolute Gasteiger partial charge is 0.417 e. The Morgan fingerprint density at radius 3 is 2.70 bits per heavy atom. The maximum Gasteiger partial charge on any atom is 0.417 e. The number of aromatic nitrogens is 2. The molecule has 3 N–H and O–H groups in total. The van der Waals surface area contributed by atoms with E-state index in [0.717, 1.165) is 12.5 Å². The molecule has 0 bridgehead atoms. The van der Waals surface area contributed by atoms with Crippen LogP contribution in [0.3, 0.4) is 0 Å². The number of nitrogens with zero attached hydrogens (tertiary/aromatic N) is 2. The van der Waals surface area contributed by atoms with Gasteiger partial charge in [-0.2, -0.15) is 13.2 Å². The molecule has 0 radical (unpaired) electrons. The second-order valence-corrected chi connectivity index (χ2v) is 7.22. The van der Waals surface area contributed by atoms with Crippen LogP contribution < -0.4 is 26.4 Å². The number of amides is 1. The molecule has 1 unspecified atom stereocenters. The first-order valence-corrected chi connectivity index (χ1v) is 9.58. The number of nitrogen functional groups attached to an aromatic ring is 1. The maximum atomic E-state index is 13.8. The zero-order chi connectivity index (χ0) is 22.1. The van der Waals surface area contributed by atoms with E-state index in [4.69, 9.17) is 10.5 Å². The highest BCUT2D eigenvalue weighted by molar-refractivity contribution is 5.97. The first kappa shape index (κ1) is 21.6. The van der Waals surface area contributed by atoms with Crippen molar-refractivity contribution in [3.05, 3.63) is 45.6 Å². The van der Waals surface area contributed by atoms with Crippen LogP contribution in [0.5, 0.6) is 5.75 Å². The quantitative estimate of drug-likeness (QED) is 0.775. The lowest BCUT2D eigenvalue weighted by molar-refractivity contribution is -0.137. The number of hydrogen-bond donors (Lipinski definition) is 2. The Balaban J connectivity index is 2.27. The fourth-order valence-electron chi connectivity index (χ4n) is 3.49. The Kier molecular flexibility index (Phi) is 6.00. The minimum Gasteiger partial charge on any atom is -0.497 e. The first-order chi connectivity index (χ1) is 14.2. The lowest BCUT2D eigenvalue weighted by Gasteiger charge is -2.21. The molecule has 1 aliphatic carbocycles. The van der Waals surface area contributed by atoms with Crippen molar-refractivity contribution in [2.45, 2.75) is 32.9 Å². The van der Waals surface area contributed by atoms with Gasteiger partial charge < -0.3 is 15.8 Å². The van der Waals surface area contributed by atoms with Crippen LogP contribution >= 0.6 is 0 Å². The standard InChI is InChI=1S/C21H23F3N4O2/c1-4-7-26-20(29)19-17(25)15-9-11(2)8-14(18(15)27-28-19)13-6-5-12(30-3)10-16(13)21(22,23)24/h5-6,9-11H,4,7-8,25H2,1-3H3,(H,26,29). The van der Waals surface area contributed by atoms with E-state index >= 15 is 0 Å². The number of carbonyl (C=O) groups excluding carboxylic acids is 1. The highest BCUT2D eigenvalue weighted by atomic mass is 19.4. The predicted molar refractivity (Wildman–Crippen MR) is 107 cm³/mol. The van der Waals surface area contributed by atoms with Crippen LogP contribution in [0.4, 0.5) is 18.9 Å². The highest BCUT2D eigenvalue weighted by Gasteiger charge is 2.35. The van der Waals surface area contributed by atoms with Crippen LogP contribution in [0.1, 0.15) is 48.3 Å². The number of alkyl halides is 3. The van der Waals surface area contributed by atoms with Crippen LogP contribution in [-0.2, 0) is 6.18 Å². The monoisotopic (exact) mass is 420 g/mol. The van der Waals surface area contributed by atoms with Gasteiger partial charge in [-0.3, -0.25) is 4.79 Å². The third-order valence-electron chi connectivity index (χ3n) is 4.92. The molecule has 9 heteroatoms. The lowest BCUT2D eigenvalue weighted by atomic mass is 9.87. The normalized spacial score (nSPS) is 15.9. The van der Waals surface area contributed by atoms with E-state index in [2.05, 4.69) is 15.5 Å². The van der Waals surface area contributed by atoms with Gasteiger partial charge in [-0.25, -0.2) is 0 Å². The number of nitrogens with one attached hydrogen (secondary N) is 1. The second-order valence-electron chi connectivity index (χ2n) is 7.22. The fourth-order valence-corrected chi connectivity index (χ4v) is 3.49. The van der Waals surface area contributed by atoms with Crippen LogP contribution in [0.25, 0.3) is 11.6 Å². The molecular weight excluding hydrogens is 397 g/mol. The zero-order valence-electron chi connectivity index (χ0n) is 16.9. The van der Waals surface area contributed by atoms with Crippen molar-refractivity contribution in [3.8, 4) is 5.75 Å². The molecular formula is C21H23F3N4O2. The van der Waals surface area contributed by atoms with Crippen molar-refractivity contribution in [2.24, 2.45) is 5.92 Å². The Morgan fingerprint density at radius 2 is 2.07 bits per heavy atom. The summed E-state index contributed by atoms with van der Waals surface area (Å²) in [6, 6.07) is 3.82. The fraction of sp³-hybridized carbons (Fsp3) is 0.381. The largest absolute Gasteiger partial charge is 0.497 e. The van der Waals surface area contributed by atoms with Gasteiger partial charge in [0.15, 0.2) is 5.69 Å². The van der Waals surface area contributed by atoms with Gasteiger partial charge in [-0.15, -0.1) is 10.2 Å². The number of anilines is 1. The summed E-state index contributed by atoms with van der Waals surface area (Å²) in [6.07, 6.45) is -1.70. The number of benzene rings is 1. The second kappa shape index (κ2) is 8.33. The van der Waals surface area contributed by atoms with Crippen molar-refractivity contribution < 1.29 is 22.7 Å². The van der Waals surface area contributed by atoms with Crippen molar-refractivity contribution in [1.29, 1.82) is 0 Å². The number of rotatable bonds is 5. The van der Waals surface area contributed by atoms with Gasteiger partial charge in [0.05, 0.1) is 23.7 Å². The number of ether oxygens (including phenoxy) is 1. The molecule has 0 fully saturated rings. The molecule has 2 aromatic rings. The minimum absolute atomic E-state index is 0.00128. The number of nitrogens with two attached hydrogens (primary N) is 1. The third kappa shape index (κ3) is 4.10. The summed E-state index contributed by atoms with van der Waals surface area (Å²) in [7, 11) is 1.31. The maximum absolute atomic E-state index is 13.8. The Labute approximate surface area is 171 Å². The lowest BCUT2D eigenvalue weighted by Crippen LogP contribution is -2.41. The molecule has 6 nitrogen and oxygen atoms in total. The van der Waals surface area contributed by atoms with Crippen LogP contribution in [0.2, 0.25) is 0 Å². The van der Waals surface area contributed by atoms with Gasteiger partial charge >= 0.3 is 6.18 Å². The van der Waals surface area contributed by atoms with E-state index in [0.29, 0.717) is 23.8 Å². The molecule has 0 aliphatic heterocycles. The van der Waals surface area contributed by atoms with E-state index in [9.17, 15) is 18.0 Å². The summed E-state index contributed by atoms with van der Waals surface area (Å²) >= 11 is 0. The van der Waals surface area contributed by atoms with Gasteiger partial charge in [-0.1, -0.05) is 26.0 Å². The predicted octanol–water partition coefficient (Wildman–Crippen LogP) is 2.25. The van der Waals surface area contributed by atoms with E-state index < -0.39 is 17.6 Å². The van der Waals surface area contributed by atoms with Crippen molar-refractivity contribution in [3.63, 3.8) is 0 Å². The summed E-state index contributed by atoms with van der Waals surface area (Å²) in [5, 5.41) is 11.4. The van der Waals surface area contributed by atoms with E-state index in [1.165, 1.54) is 19.2 Å². The number of halogens is 3. The molecule has 1 aliphatic rings. The number of methoxy groups -OCH3 is 1. The average molecular weight is 420 g/mol. The molecule has 1 aromatic heterocycles. The number of carbonyl (C=O) groups is 1. The molecule has 1 aromatic carbocycles. The summed E-state index contributed by atoms with van der Waals surface area (Å²) in [6.45, 7) is 4.23. The molecule has 3 rings (SSSR count). The Bertz CT molecular complexity index is 1100. The summed E-state index contributed by atoms with van der Waals surface area (Å²) in [5.74, 6) is -0.456. The summed E-state index contributed by atoms with van der Waals surface area (Å²) in [4.78, 5) is 12.3. The van der Waals surface area contributed by atoms with E-state index in [1.807, 2.05) is 19.9 Å². The topological polar surface area (TPSA) is 90.1 Å². The molecule has 0 saturated heterocycles. The molecule has 160 valence electrons. The van der Waals surface area contributed by atoms with Crippen LogP contribution in [0.15, 0.2) is 18.2 Å². The molecule has 0 saturated carbocycles. The van der Waals surface area contributed by atoms with Gasteiger partial charge in [-0.05, 0) is 42.0 Å². The molecule has 1 atom stereocenters.